The Morgan fingerprint density at radius 1 is 1.25 bits per heavy atom. The smallest absolute Gasteiger partial charge is 0.471 e. The first-order valence-electron chi connectivity index (χ1n) is 8.19. The molecule has 11 heteroatoms. The summed E-state index contributed by atoms with van der Waals surface area (Å²) in [5, 5.41) is 11.3. The van der Waals surface area contributed by atoms with Crippen molar-refractivity contribution < 1.29 is 19.2 Å². The lowest BCUT2D eigenvalue weighted by atomic mass is 10.1. The molecule has 0 saturated carbocycles. The minimum absolute atomic E-state index is 0.119. The number of fused-ring (bicyclic) bond motifs is 1. The van der Waals surface area contributed by atoms with Crippen LogP contribution in [-0.4, -0.2) is 43.2 Å². The van der Waals surface area contributed by atoms with Crippen molar-refractivity contribution in [2.75, 3.05) is 12.8 Å². The highest BCUT2D eigenvalue weighted by atomic mass is 16.6. The lowest BCUT2D eigenvalue weighted by Gasteiger charge is -2.19. The van der Waals surface area contributed by atoms with Crippen molar-refractivity contribution in [1.82, 2.24) is 19.5 Å². The Morgan fingerprint density at radius 3 is 2.57 bits per heavy atom. The first-order valence-corrected chi connectivity index (χ1v) is 8.19. The van der Waals surface area contributed by atoms with Gasteiger partial charge in [0.2, 0.25) is 5.95 Å². The van der Waals surface area contributed by atoms with E-state index in [0.717, 1.165) is 4.57 Å². The number of methoxy groups -OCH3 is 1. The number of carbonyl (C=O) groups is 1. The molecule has 28 heavy (non-hydrogen) atoms. The number of ether oxygens (including phenoxy) is 2. The molecule has 1 aromatic carbocycles. The maximum absolute atomic E-state index is 12.6. The Bertz CT molecular complexity index is 1090. The molecule has 0 saturated heterocycles. The van der Waals surface area contributed by atoms with Gasteiger partial charge in [0.15, 0.2) is 11.2 Å². The molecule has 2 N–H and O–H groups in total. The third-order valence-corrected chi connectivity index (χ3v) is 3.60. The number of hydrogen-bond donors (Lipinski definition) is 1. The van der Waals surface area contributed by atoms with E-state index >= 15 is 0 Å². The number of carbonyl (C=O) groups excluding carboxylic acids is 1. The normalized spacial score (nSPS) is 11.4. The average molecular weight is 386 g/mol. The fourth-order valence-electron chi connectivity index (χ4n) is 2.50. The van der Waals surface area contributed by atoms with Crippen LogP contribution in [0.1, 0.15) is 20.8 Å². The Hall–Kier alpha value is -3.76. The molecule has 0 radical (unpaired) electrons. The SMILES string of the molecule is COc1cccc(-c2nc([N+](=O)[O-])nc3c2nc(N)n3C(=O)OC(C)(C)C)c1. The summed E-state index contributed by atoms with van der Waals surface area (Å²) in [6.45, 7) is 5.04. The average Bonchev–Trinajstić information content (AvgIpc) is 2.95. The van der Waals surface area contributed by atoms with Gasteiger partial charge in [-0.25, -0.2) is 9.78 Å². The van der Waals surface area contributed by atoms with Gasteiger partial charge in [0.05, 0.1) is 7.11 Å². The summed E-state index contributed by atoms with van der Waals surface area (Å²) in [4.78, 5) is 35.1. The van der Waals surface area contributed by atoms with Crippen LogP contribution in [0.5, 0.6) is 5.75 Å². The zero-order chi connectivity index (χ0) is 20.6. The molecular weight excluding hydrogens is 368 g/mol. The first kappa shape index (κ1) is 19.0. The number of nitrogen functional groups attached to an aromatic ring is 1. The molecule has 0 spiro atoms. The number of hydrogen-bond acceptors (Lipinski definition) is 9. The molecule has 0 atom stereocenters. The second-order valence-corrected chi connectivity index (χ2v) is 6.82. The standard InChI is InChI=1S/C17H18N6O5/c1-17(2,3)28-16(24)22-13-12(19-14(22)18)11(20-15(21-13)23(25)26)9-6-5-7-10(8-9)27-4/h5-8H,1-4H3,(H2,18,19). The minimum atomic E-state index is -0.850. The molecule has 0 aliphatic rings. The fraction of sp³-hybridized carbons (Fsp3) is 0.294. The van der Waals surface area contributed by atoms with Gasteiger partial charge in [0.1, 0.15) is 11.4 Å². The molecule has 3 aromatic rings. The number of benzene rings is 1. The zero-order valence-corrected chi connectivity index (χ0v) is 15.7. The van der Waals surface area contributed by atoms with Crippen molar-refractivity contribution in [3.63, 3.8) is 0 Å². The number of nitro groups is 1. The number of rotatable bonds is 3. The van der Waals surface area contributed by atoms with Crippen LogP contribution in [0.25, 0.3) is 22.4 Å². The van der Waals surface area contributed by atoms with Crippen molar-refractivity contribution in [2.45, 2.75) is 26.4 Å². The number of nitrogens with zero attached hydrogens (tertiary/aromatic N) is 5. The molecule has 0 fully saturated rings. The van der Waals surface area contributed by atoms with Crippen LogP contribution in [0.2, 0.25) is 0 Å². The van der Waals surface area contributed by atoms with Gasteiger partial charge in [0, 0.05) is 5.56 Å². The van der Waals surface area contributed by atoms with Gasteiger partial charge in [0.25, 0.3) is 5.65 Å². The Balaban J connectivity index is 2.29. The van der Waals surface area contributed by atoms with Gasteiger partial charge in [-0.3, -0.25) is 0 Å². The van der Waals surface area contributed by atoms with Crippen LogP contribution in [0, 0.1) is 10.1 Å². The van der Waals surface area contributed by atoms with Gasteiger partial charge >= 0.3 is 12.0 Å². The van der Waals surface area contributed by atoms with Crippen LogP contribution < -0.4 is 10.5 Å². The lowest BCUT2D eigenvalue weighted by Crippen LogP contribution is -2.28. The number of imidazole rings is 1. The highest BCUT2D eigenvalue weighted by Gasteiger charge is 2.30. The highest BCUT2D eigenvalue weighted by molar-refractivity contribution is 5.95. The van der Waals surface area contributed by atoms with E-state index in [4.69, 9.17) is 15.2 Å². The van der Waals surface area contributed by atoms with E-state index in [9.17, 15) is 14.9 Å². The van der Waals surface area contributed by atoms with Crippen LogP contribution in [-0.2, 0) is 4.74 Å². The molecule has 0 aliphatic heterocycles. The fourth-order valence-corrected chi connectivity index (χ4v) is 2.50. The van der Waals surface area contributed by atoms with Crippen molar-refractivity contribution in [3.8, 4) is 17.0 Å². The van der Waals surface area contributed by atoms with E-state index in [0.29, 0.717) is 11.3 Å². The first-order chi connectivity index (χ1) is 13.1. The van der Waals surface area contributed by atoms with Gasteiger partial charge in [-0.15, -0.1) is 0 Å². The van der Waals surface area contributed by atoms with E-state index in [1.165, 1.54) is 7.11 Å². The molecule has 0 aliphatic carbocycles. The molecular formula is C17H18N6O5. The van der Waals surface area contributed by atoms with Gasteiger partial charge < -0.3 is 25.3 Å². The zero-order valence-electron chi connectivity index (χ0n) is 15.7. The monoisotopic (exact) mass is 386 g/mol. The topological polar surface area (TPSA) is 148 Å². The summed E-state index contributed by atoms with van der Waals surface area (Å²) in [6.07, 6.45) is -0.850. The number of anilines is 1. The van der Waals surface area contributed by atoms with Crippen molar-refractivity contribution in [1.29, 1.82) is 0 Å². The second-order valence-electron chi connectivity index (χ2n) is 6.82. The van der Waals surface area contributed by atoms with Crippen LogP contribution in [0.4, 0.5) is 16.7 Å². The molecule has 0 unspecified atom stereocenters. The largest absolute Gasteiger partial charge is 0.497 e. The second kappa shape index (κ2) is 6.76. The van der Waals surface area contributed by atoms with E-state index in [2.05, 4.69) is 15.0 Å². The number of nitrogens with two attached hydrogens (primary N) is 1. The van der Waals surface area contributed by atoms with E-state index in [-0.39, 0.29) is 22.8 Å². The summed E-state index contributed by atoms with van der Waals surface area (Å²) >= 11 is 0. The number of aromatic nitrogens is 4. The maximum Gasteiger partial charge on any atom is 0.471 e. The third kappa shape index (κ3) is 3.54. The van der Waals surface area contributed by atoms with Crippen molar-refractivity contribution in [3.05, 3.63) is 34.4 Å². The predicted octanol–water partition coefficient (Wildman–Crippen LogP) is 2.78. The van der Waals surface area contributed by atoms with Crippen molar-refractivity contribution in [2.24, 2.45) is 0 Å². The van der Waals surface area contributed by atoms with E-state index < -0.39 is 22.6 Å². The lowest BCUT2D eigenvalue weighted by molar-refractivity contribution is -0.394. The van der Waals surface area contributed by atoms with Gasteiger partial charge in [-0.2, -0.15) is 4.57 Å². The molecule has 3 rings (SSSR count). The molecule has 146 valence electrons. The van der Waals surface area contributed by atoms with Crippen LogP contribution in [0.3, 0.4) is 0 Å². The maximum atomic E-state index is 12.6. The molecule has 0 amide bonds. The Kier molecular flexibility index (Phi) is 4.59. The van der Waals surface area contributed by atoms with Crippen LogP contribution >= 0.6 is 0 Å². The predicted molar refractivity (Wildman–Crippen MR) is 100 cm³/mol. The van der Waals surface area contributed by atoms with Crippen LogP contribution in [0.15, 0.2) is 24.3 Å². The molecule has 11 nitrogen and oxygen atoms in total. The minimum Gasteiger partial charge on any atom is -0.497 e. The summed E-state index contributed by atoms with van der Waals surface area (Å²) in [5.41, 5.74) is 5.72. The Morgan fingerprint density at radius 2 is 1.96 bits per heavy atom. The quantitative estimate of drug-likeness (QED) is 0.529. The van der Waals surface area contributed by atoms with Gasteiger partial charge in [-0.1, -0.05) is 17.1 Å². The summed E-state index contributed by atoms with van der Waals surface area (Å²) in [6, 6.07) is 6.72. The third-order valence-electron chi connectivity index (χ3n) is 3.60. The summed E-state index contributed by atoms with van der Waals surface area (Å²) in [7, 11) is 1.49. The van der Waals surface area contributed by atoms with E-state index in [1.54, 1.807) is 45.0 Å². The summed E-state index contributed by atoms with van der Waals surface area (Å²) in [5.74, 6) is -0.398. The summed E-state index contributed by atoms with van der Waals surface area (Å²) < 4.78 is 11.4. The van der Waals surface area contributed by atoms with E-state index in [1.807, 2.05) is 0 Å². The molecule has 0 bridgehead atoms. The molecule has 2 aromatic heterocycles. The highest BCUT2D eigenvalue weighted by Crippen LogP contribution is 2.31. The molecule has 2 heterocycles. The Labute approximate surface area is 159 Å². The van der Waals surface area contributed by atoms with Crippen molar-refractivity contribution >= 4 is 29.2 Å². The van der Waals surface area contributed by atoms with Gasteiger partial charge in [-0.05, 0) is 42.8 Å².